The third-order valence-corrected chi connectivity index (χ3v) is 7.82. The summed E-state index contributed by atoms with van der Waals surface area (Å²) in [6.07, 6.45) is 0.280. The highest BCUT2D eigenvalue weighted by molar-refractivity contribution is 5.91. The molecule has 5 rings (SSSR count). The Kier molecular flexibility index (Phi) is 8.92. The second-order valence-electron chi connectivity index (χ2n) is 10.5. The first-order chi connectivity index (χ1) is 20.4. The van der Waals surface area contributed by atoms with Crippen molar-refractivity contribution in [1.29, 1.82) is 0 Å². The maximum atomic E-state index is 14.0. The zero-order valence-corrected chi connectivity index (χ0v) is 24.2. The molecule has 2 aliphatic rings. The maximum absolute atomic E-state index is 14.0. The Morgan fingerprint density at radius 3 is 2.21 bits per heavy atom. The number of likely N-dealkylation sites (N-methyl/N-ethyl adjacent to an activating group) is 1. The van der Waals surface area contributed by atoms with Gasteiger partial charge in [0.25, 0.3) is 0 Å². The molecule has 0 aromatic heterocycles. The van der Waals surface area contributed by atoms with Gasteiger partial charge in [0.05, 0.1) is 27.3 Å². The van der Waals surface area contributed by atoms with E-state index >= 15 is 0 Å². The Labute approximate surface area is 246 Å². The van der Waals surface area contributed by atoms with Gasteiger partial charge in [0.2, 0.25) is 11.8 Å². The third-order valence-electron chi connectivity index (χ3n) is 7.82. The van der Waals surface area contributed by atoms with E-state index in [2.05, 4.69) is 5.32 Å². The molecule has 0 unspecified atom stereocenters. The van der Waals surface area contributed by atoms with Crippen LogP contribution < -0.4 is 14.8 Å². The number of carbonyl (C=O) groups is 3. The lowest BCUT2D eigenvalue weighted by atomic mass is 9.98. The van der Waals surface area contributed by atoms with E-state index in [4.69, 9.17) is 9.47 Å². The number of hydrazine groups is 1. The maximum Gasteiger partial charge on any atom is 0.334 e. The number of nitrogens with one attached hydrogen (secondary N) is 1. The van der Waals surface area contributed by atoms with Gasteiger partial charge in [-0.1, -0.05) is 66.7 Å². The molecule has 2 atom stereocenters. The fourth-order valence-electron chi connectivity index (χ4n) is 5.70. The molecule has 0 aliphatic carbocycles. The molecule has 2 heterocycles. The summed E-state index contributed by atoms with van der Waals surface area (Å²) in [7, 11) is 4.91. The zero-order valence-electron chi connectivity index (χ0n) is 24.2. The number of methoxy groups -OCH3 is 2. The van der Waals surface area contributed by atoms with Crippen LogP contribution in [-0.2, 0) is 29.0 Å². The zero-order chi connectivity index (χ0) is 29.6. The predicted molar refractivity (Wildman–Crippen MR) is 158 cm³/mol. The summed E-state index contributed by atoms with van der Waals surface area (Å²) >= 11 is 0. The molecule has 0 radical (unpaired) electrons. The number of hydrogen-bond acceptors (Lipinski definition) is 6. The number of piperazine rings is 1. The number of urea groups is 1. The summed E-state index contributed by atoms with van der Waals surface area (Å²) in [4.78, 5) is 44.5. The van der Waals surface area contributed by atoms with Crippen LogP contribution in [0, 0.1) is 0 Å². The number of rotatable bonds is 9. The normalized spacial score (nSPS) is 19.0. The Hall–Kier alpha value is -4.57. The van der Waals surface area contributed by atoms with Gasteiger partial charge in [0, 0.05) is 26.6 Å². The van der Waals surface area contributed by atoms with Crippen LogP contribution in [0.1, 0.15) is 16.7 Å². The van der Waals surface area contributed by atoms with Gasteiger partial charge >= 0.3 is 6.03 Å². The molecule has 0 bridgehead atoms. The van der Waals surface area contributed by atoms with Crippen molar-refractivity contribution in [3.05, 3.63) is 95.6 Å². The number of amides is 4. The van der Waals surface area contributed by atoms with Crippen molar-refractivity contribution in [3.63, 3.8) is 0 Å². The molecule has 2 fully saturated rings. The largest absolute Gasteiger partial charge is 0.493 e. The van der Waals surface area contributed by atoms with Crippen LogP contribution in [0.2, 0.25) is 0 Å². The van der Waals surface area contributed by atoms with Gasteiger partial charge in [-0.25, -0.2) is 14.8 Å². The lowest BCUT2D eigenvalue weighted by Gasteiger charge is -2.54. The highest BCUT2D eigenvalue weighted by atomic mass is 16.5. The molecule has 2 aliphatic heterocycles. The number of fused-ring (bicyclic) bond motifs is 1. The summed E-state index contributed by atoms with van der Waals surface area (Å²) in [6, 6.07) is 24.0. The quantitative estimate of drug-likeness (QED) is 0.425. The average Bonchev–Trinajstić information content (AvgIpc) is 3.01. The van der Waals surface area contributed by atoms with E-state index in [-0.39, 0.29) is 30.9 Å². The molecule has 0 spiro atoms. The van der Waals surface area contributed by atoms with E-state index in [1.807, 2.05) is 78.9 Å². The number of carbonyl (C=O) groups excluding carboxylic acids is 3. The Morgan fingerprint density at radius 2 is 1.55 bits per heavy atom. The molecule has 220 valence electrons. The predicted octanol–water partition coefficient (Wildman–Crippen LogP) is 2.93. The van der Waals surface area contributed by atoms with E-state index in [9.17, 15) is 14.4 Å². The molecule has 0 saturated carbocycles. The molecule has 2 saturated heterocycles. The number of hydrogen-bond donors (Lipinski definition) is 1. The molecular weight excluding hydrogens is 534 g/mol. The van der Waals surface area contributed by atoms with E-state index in [1.165, 1.54) is 0 Å². The first-order valence-corrected chi connectivity index (χ1v) is 14.1. The van der Waals surface area contributed by atoms with Gasteiger partial charge in [0.15, 0.2) is 11.5 Å². The third kappa shape index (κ3) is 6.18. The fourth-order valence-corrected chi connectivity index (χ4v) is 5.70. The smallest absolute Gasteiger partial charge is 0.334 e. The van der Waals surface area contributed by atoms with Crippen molar-refractivity contribution < 1.29 is 23.9 Å². The number of ether oxygens (including phenoxy) is 2. The Balaban J connectivity index is 1.41. The lowest BCUT2D eigenvalue weighted by Crippen LogP contribution is -2.76. The van der Waals surface area contributed by atoms with Crippen LogP contribution in [0.25, 0.3) is 0 Å². The van der Waals surface area contributed by atoms with Crippen LogP contribution in [0.15, 0.2) is 78.9 Å². The van der Waals surface area contributed by atoms with Crippen molar-refractivity contribution >= 4 is 17.8 Å². The molecule has 42 heavy (non-hydrogen) atoms. The van der Waals surface area contributed by atoms with Gasteiger partial charge < -0.3 is 24.6 Å². The van der Waals surface area contributed by atoms with Crippen LogP contribution in [0.4, 0.5) is 4.79 Å². The van der Waals surface area contributed by atoms with Crippen molar-refractivity contribution in [2.24, 2.45) is 0 Å². The van der Waals surface area contributed by atoms with E-state index in [1.54, 1.807) is 41.1 Å². The SMILES string of the molecule is COc1ccc(CCN2C[C@H]3N(C(=O)CN(C)N3C(=O)NCc3ccccc3)[C@@H](Cc3ccccc3)C2=O)cc1OC. The molecule has 3 aromatic carbocycles. The first-order valence-electron chi connectivity index (χ1n) is 14.1. The van der Waals surface area contributed by atoms with Crippen molar-refractivity contribution in [3.8, 4) is 11.5 Å². The minimum Gasteiger partial charge on any atom is -0.493 e. The summed E-state index contributed by atoms with van der Waals surface area (Å²) in [5.41, 5.74) is 2.90. The minimum absolute atomic E-state index is 0.000526. The van der Waals surface area contributed by atoms with Crippen molar-refractivity contribution in [2.45, 2.75) is 31.6 Å². The topological polar surface area (TPSA) is 94.7 Å². The second-order valence-corrected chi connectivity index (χ2v) is 10.5. The Morgan fingerprint density at radius 1 is 0.881 bits per heavy atom. The van der Waals surface area contributed by atoms with Gasteiger partial charge in [-0.15, -0.1) is 0 Å². The van der Waals surface area contributed by atoms with Gasteiger partial charge in [-0.05, 0) is 35.2 Å². The highest BCUT2D eigenvalue weighted by Crippen LogP contribution is 2.30. The van der Waals surface area contributed by atoms with Crippen LogP contribution in [0.3, 0.4) is 0 Å². The molecule has 3 aromatic rings. The molecule has 10 heteroatoms. The van der Waals surface area contributed by atoms with E-state index < -0.39 is 12.2 Å². The van der Waals surface area contributed by atoms with Crippen LogP contribution >= 0.6 is 0 Å². The van der Waals surface area contributed by atoms with E-state index in [0.29, 0.717) is 37.4 Å². The molecular formula is C32H37N5O5. The minimum atomic E-state index is -0.734. The van der Waals surface area contributed by atoms with Gasteiger partial charge in [-0.2, -0.15) is 0 Å². The van der Waals surface area contributed by atoms with Gasteiger partial charge in [-0.3, -0.25) is 9.59 Å². The number of nitrogens with zero attached hydrogens (tertiary/aromatic N) is 4. The van der Waals surface area contributed by atoms with Gasteiger partial charge in [0.1, 0.15) is 12.2 Å². The number of benzene rings is 3. The Bertz CT molecular complexity index is 1400. The first kappa shape index (κ1) is 28.9. The lowest BCUT2D eigenvalue weighted by molar-refractivity contribution is -0.186. The molecule has 10 nitrogen and oxygen atoms in total. The summed E-state index contributed by atoms with van der Waals surface area (Å²) in [6.45, 7) is 0.965. The van der Waals surface area contributed by atoms with Crippen molar-refractivity contribution in [2.75, 3.05) is 40.9 Å². The molecule has 4 amide bonds. The highest BCUT2D eigenvalue weighted by Gasteiger charge is 2.50. The van der Waals surface area contributed by atoms with Crippen molar-refractivity contribution in [1.82, 2.24) is 25.1 Å². The van der Waals surface area contributed by atoms with Crippen LogP contribution in [-0.4, -0.2) is 90.8 Å². The molecule has 1 N–H and O–H groups in total. The van der Waals surface area contributed by atoms with Crippen LogP contribution in [0.5, 0.6) is 11.5 Å². The average molecular weight is 572 g/mol. The fraction of sp³-hybridized carbons (Fsp3) is 0.344. The second kappa shape index (κ2) is 12.9. The standard InChI is InChI=1S/C32H37N5O5/c1-34-22-30(38)36-26(18-23-10-6-4-7-11-23)31(39)35(17-16-24-14-15-27(41-2)28(19-24)42-3)21-29(36)37(34)32(40)33-20-25-12-8-5-9-13-25/h4-15,19,26,29H,16-18,20-22H2,1-3H3,(H,33,40)/t26-,29-/m0/s1. The van der Waals surface area contributed by atoms with E-state index in [0.717, 1.165) is 16.7 Å². The monoisotopic (exact) mass is 571 g/mol. The summed E-state index contributed by atoms with van der Waals surface area (Å²) in [5, 5.41) is 6.22. The summed E-state index contributed by atoms with van der Waals surface area (Å²) in [5.74, 6) is 0.949. The summed E-state index contributed by atoms with van der Waals surface area (Å²) < 4.78 is 10.8.